The smallest absolute Gasteiger partial charge is 0.0838 e. The number of rotatable bonds is 1. The van der Waals surface area contributed by atoms with Gasteiger partial charge in [-0.3, -0.25) is 5.41 Å². The maximum absolute atomic E-state index is 6.84. The predicted octanol–water partition coefficient (Wildman–Crippen LogP) is 2.10. The van der Waals surface area contributed by atoms with Crippen LogP contribution in [0.4, 0.5) is 0 Å². The molecule has 0 amide bonds. The zero-order valence-corrected chi connectivity index (χ0v) is 6.78. The van der Waals surface area contributed by atoms with Gasteiger partial charge in [-0.2, -0.15) is 0 Å². The van der Waals surface area contributed by atoms with E-state index in [0.29, 0.717) is 5.04 Å². The Hall–Kier alpha value is 0.420. The van der Waals surface area contributed by atoms with Crippen molar-refractivity contribution in [3.05, 3.63) is 0 Å². The van der Waals surface area contributed by atoms with Crippen LogP contribution in [-0.2, 0) is 0 Å². The quantitative estimate of drug-likeness (QED) is 0.317. The van der Waals surface area contributed by atoms with Gasteiger partial charge in [-0.15, -0.1) is 0 Å². The Morgan fingerprint density at radius 2 is 2.57 bits per heavy atom. The van der Waals surface area contributed by atoms with Gasteiger partial charge in [-0.05, 0) is 29.5 Å². The van der Waals surface area contributed by atoms with E-state index in [4.69, 9.17) is 5.41 Å². The Labute approximate surface area is 60.6 Å². The van der Waals surface area contributed by atoms with Crippen LogP contribution in [0, 0.1) is 5.41 Å². The van der Waals surface area contributed by atoms with E-state index >= 15 is 0 Å². The Morgan fingerprint density at radius 3 is 2.71 bits per heavy atom. The second-order valence-electron chi connectivity index (χ2n) is 0.850. The number of hydrogen-bond acceptors (Lipinski definition) is 3. The molecule has 0 saturated carbocycles. The number of nitrogens with zero attached hydrogens (tertiary/aromatic N) is 1. The van der Waals surface area contributed by atoms with Crippen molar-refractivity contribution in [2.75, 3.05) is 0 Å². The molecule has 1 N–H and O–H groups in total. The summed E-state index contributed by atoms with van der Waals surface area (Å²) in [4.78, 5) is 0. The minimum absolute atomic E-state index is 0.521. The molecule has 0 unspecified atom stereocenters. The van der Waals surface area contributed by atoms with Gasteiger partial charge in [0.25, 0.3) is 0 Å². The maximum Gasteiger partial charge on any atom is 0.0838 e. The molecule has 4 heteroatoms. The molecular weight excluding hydrogens is 223 g/mol. The predicted molar refractivity (Wildman–Crippen MR) is 43.5 cm³/mol. The fourth-order valence-corrected chi connectivity index (χ4v) is 0.638. The van der Waals surface area contributed by atoms with Gasteiger partial charge in [0.15, 0.2) is 0 Å². The van der Waals surface area contributed by atoms with Crippen molar-refractivity contribution >= 4 is 43.8 Å². The summed E-state index contributed by atoms with van der Waals surface area (Å²) < 4.78 is 5.36. The van der Waals surface area contributed by atoms with E-state index in [1.807, 2.05) is 22.6 Å². The molecule has 0 heterocycles. The number of nitrogens with one attached hydrogen (secondary N) is 1. The zero-order chi connectivity index (χ0) is 5.70. The first-order chi connectivity index (χ1) is 3.27. The van der Waals surface area contributed by atoms with Crippen molar-refractivity contribution < 1.29 is 0 Å². The van der Waals surface area contributed by atoms with Crippen molar-refractivity contribution in [3.8, 4) is 0 Å². The molecule has 40 valence electrons. The summed E-state index contributed by atoms with van der Waals surface area (Å²) >= 11 is 3.19. The SMILES string of the molecule is CC(=N)S/N=C\I. The van der Waals surface area contributed by atoms with E-state index in [9.17, 15) is 0 Å². The van der Waals surface area contributed by atoms with Gasteiger partial charge < -0.3 is 0 Å². The normalized spacial score (nSPS) is 10.0. The Kier molecular flexibility index (Phi) is 4.85. The zero-order valence-electron chi connectivity index (χ0n) is 3.81. The molecule has 0 bridgehead atoms. The molecule has 0 atom stereocenters. The Bertz CT molecular complexity index is 90.9. The molecule has 0 saturated heterocycles. The largest absolute Gasteiger partial charge is 0.297 e. The first-order valence-corrected chi connectivity index (χ1v) is 3.63. The summed E-state index contributed by atoms with van der Waals surface area (Å²) in [6, 6.07) is 0. The second kappa shape index (κ2) is 4.58. The molecule has 0 spiro atoms. The minimum atomic E-state index is 0.521. The van der Waals surface area contributed by atoms with Crippen LogP contribution in [0.5, 0.6) is 0 Å². The van der Waals surface area contributed by atoms with Gasteiger partial charge in [0, 0.05) is 11.9 Å². The highest BCUT2D eigenvalue weighted by molar-refractivity contribution is 14.1. The number of hydrogen-bond donors (Lipinski definition) is 1. The highest BCUT2D eigenvalue weighted by Gasteiger charge is 1.78. The minimum Gasteiger partial charge on any atom is -0.297 e. The van der Waals surface area contributed by atoms with Crippen molar-refractivity contribution in [2.45, 2.75) is 6.92 Å². The van der Waals surface area contributed by atoms with E-state index in [2.05, 4.69) is 4.40 Å². The van der Waals surface area contributed by atoms with E-state index in [1.165, 1.54) is 11.9 Å². The van der Waals surface area contributed by atoms with E-state index in [0.717, 1.165) is 0 Å². The second-order valence-corrected chi connectivity index (χ2v) is 2.41. The summed E-state index contributed by atoms with van der Waals surface area (Å²) in [6.45, 7) is 1.70. The third kappa shape index (κ3) is 6.42. The van der Waals surface area contributed by atoms with Gasteiger partial charge in [-0.1, -0.05) is 0 Å². The van der Waals surface area contributed by atoms with Gasteiger partial charge in [0.05, 0.1) is 9.27 Å². The molecule has 2 nitrogen and oxygen atoms in total. The maximum atomic E-state index is 6.84. The lowest BCUT2D eigenvalue weighted by Crippen LogP contribution is -1.71. The average molecular weight is 228 g/mol. The molecule has 0 aromatic carbocycles. The topological polar surface area (TPSA) is 36.2 Å². The van der Waals surface area contributed by atoms with E-state index in [1.54, 1.807) is 11.1 Å². The highest BCUT2D eigenvalue weighted by Crippen LogP contribution is 2.01. The van der Waals surface area contributed by atoms with Crippen LogP contribution in [0.1, 0.15) is 6.92 Å². The third-order valence-electron chi connectivity index (χ3n) is 0.229. The summed E-state index contributed by atoms with van der Waals surface area (Å²) in [6.07, 6.45) is 0. The molecular formula is C3H5IN2S. The summed E-state index contributed by atoms with van der Waals surface area (Å²) in [5.41, 5.74) is 0. The van der Waals surface area contributed by atoms with Gasteiger partial charge in [-0.25, -0.2) is 4.40 Å². The lowest BCUT2D eigenvalue weighted by Gasteiger charge is -1.80. The van der Waals surface area contributed by atoms with Gasteiger partial charge in [0.1, 0.15) is 0 Å². The van der Waals surface area contributed by atoms with Crippen molar-refractivity contribution in [1.82, 2.24) is 0 Å². The van der Waals surface area contributed by atoms with E-state index in [-0.39, 0.29) is 0 Å². The summed E-state index contributed by atoms with van der Waals surface area (Å²) in [7, 11) is 0. The molecule has 0 aromatic heterocycles. The molecule has 0 aliphatic rings. The lowest BCUT2D eigenvalue weighted by atomic mass is 10.9. The molecule has 0 fully saturated rings. The molecule has 0 aliphatic carbocycles. The van der Waals surface area contributed by atoms with Crippen LogP contribution in [0.25, 0.3) is 0 Å². The molecule has 7 heavy (non-hydrogen) atoms. The Balaban J connectivity index is 3.14. The monoisotopic (exact) mass is 228 g/mol. The fraction of sp³-hybridized carbons (Fsp3) is 0.333. The average Bonchev–Trinajstić information content (AvgIpc) is 1.61. The first kappa shape index (κ1) is 7.42. The fourth-order valence-electron chi connectivity index (χ4n) is 0.0990. The van der Waals surface area contributed by atoms with Crippen LogP contribution in [0.3, 0.4) is 0 Å². The molecule has 0 aromatic rings. The van der Waals surface area contributed by atoms with Gasteiger partial charge >= 0.3 is 0 Å². The standard InChI is InChI=1S/C3H5IN2S/c1-3(5)7-6-2-4/h2,5H,1H3/b5-3?,6-2-. The highest BCUT2D eigenvalue weighted by atomic mass is 127. The van der Waals surface area contributed by atoms with Crippen LogP contribution < -0.4 is 0 Å². The van der Waals surface area contributed by atoms with Crippen molar-refractivity contribution in [2.24, 2.45) is 4.40 Å². The molecule has 0 radical (unpaired) electrons. The molecule has 0 aliphatic heterocycles. The van der Waals surface area contributed by atoms with Crippen molar-refractivity contribution in [3.63, 3.8) is 0 Å². The first-order valence-electron chi connectivity index (χ1n) is 1.61. The summed E-state index contributed by atoms with van der Waals surface area (Å²) in [5.74, 6) is 0. The van der Waals surface area contributed by atoms with Crippen LogP contribution in [0.2, 0.25) is 0 Å². The van der Waals surface area contributed by atoms with E-state index < -0.39 is 0 Å². The Morgan fingerprint density at radius 1 is 2.00 bits per heavy atom. The summed E-state index contributed by atoms with van der Waals surface area (Å²) in [5, 5.41) is 7.36. The van der Waals surface area contributed by atoms with Crippen molar-refractivity contribution in [1.29, 1.82) is 5.41 Å². The van der Waals surface area contributed by atoms with Crippen LogP contribution in [-0.4, -0.2) is 9.27 Å². The van der Waals surface area contributed by atoms with Crippen LogP contribution in [0.15, 0.2) is 4.40 Å². The third-order valence-corrected chi connectivity index (χ3v) is 1.37. The molecule has 0 rings (SSSR count). The van der Waals surface area contributed by atoms with Gasteiger partial charge in [0.2, 0.25) is 0 Å². The lowest BCUT2D eigenvalue weighted by molar-refractivity contribution is 1.53. The van der Waals surface area contributed by atoms with Crippen LogP contribution >= 0.6 is 34.5 Å². The number of halogens is 1.